The van der Waals surface area contributed by atoms with E-state index >= 15 is 0 Å². The molecule has 2 N–H and O–H groups in total. The molecule has 9 nitrogen and oxygen atoms in total. The van der Waals surface area contributed by atoms with Gasteiger partial charge in [0.1, 0.15) is 30.5 Å². The molecule has 2 heterocycles. The number of fused-ring (bicyclic) bond motifs is 3. The number of benzene rings is 3. The number of unbranched alkanes of at least 4 members (excludes halogenated alkanes) is 1. The maximum absolute atomic E-state index is 13.0. The van der Waals surface area contributed by atoms with Gasteiger partial charge in [0.15, 0.2) is 5.52 Å². The van der Waals surface area contributed by atoms with E-state index in [0.717, 1.165) is 39.2 Å². The van der Waals surface area contributed by atoms with E-state index in [0.29, 0.717) is 55.9 Å². The first kappa shape index (κ1) is 25.8. The molecule has 9 heteroatoms. The van der Waals surface area contributed by atoms with Crippen molar-refractivity contribution in [3.05, 3.63) is 102 Å². The second-order valence-electron chi connectivity index (χ2n) is 9.17. The van der Waals surface area contributed by atoms with Gasteiger partial charge in [-0.2, -0.15) is 4.73 Å². The number of aryl methyl sites for hydroxylation is 1. The number of nitrogens with zero attached hydrogens (tertiary/aromatic N) is 3. The minimum atomic E-state index is -1.03. The quantitative estimate of drug-likeness (QED) is 0.133. The summed E-state index contributed by atoms with van der Waals surface area (Å²) in [4.78, 5) is 15.5. The molecule has 0 fully saturated rings. The fourth-order valence-electron chi connectivity index (χ4n) is 4.61. The van der Waals surface area contributed by atoms with Crippen molar-refractivity contribution in [1.29, 1.82) is 0 Å². The van der Waals surface area contributed by atoms with E-state index in [9.17, 15) is 10.0 Å². The average molecular weight is 527 g/mol. The van der Waals surface area contributed by atoms with Crippen LogP contribution in [0.2, 0.25) is 0 Å². The molecule has 5 rings (SSSR count). The summed E-state index contributed by atoms with van der Waals surface area (Å²) in [6, 6.07) is 25.0. The Labute approximate surface area is 225 Å². The van der Waals surface area contributed by atoms with Gasteiger partial charge in [-0.15, -0.1) is 0 Å². The van der Waals surface area contributed by atoms with Gasteiger partial charge >= 0.3 is 6.09 Å². The fraction of sp³-hybridized carbons (Fsp3) is 0.233. The van der Waals surface area contributed by atoms with Gasteiger partial charge in [0.2, 0.25) is 11.7 Å². The smallest absolute Gasteiger partial charge is 0.404 e. The predicted octanol–water partition coefficient (Wildman–Crippen LogP) is 5.07. The summed E-state index contributed by atoms with van der Waals surface area (Å²) in [5.74, 6) is 2.22. The van der Waals surface area contributed by atoms with E-state index in [4.69, 9.17) is 19.6 Å². The highest BCUT2D eigenvalue weighted by Gasteiger charge is 2.19. The minimum absolute atomic E-state index is 0.377. The lowest BCUT2D eigenvalue weighted by molar-refractivity contribution is -0.575. The Morgan fingerprint density at radius 3 is 2.51 bits per heavy atom. The van der Waals surface area contributed by atoms with E-state index in [1.54, 1.807) is 6.07 Å². The van der Waals surface area contributed by atoms with Crippen LogP contribution < -0.4 is 19.5 Å². The van der Waals surface area contributed by atoms with Gasteiger partial charge in [0, 0.05) is 13.0 Å². The zero-order valence-electron chi connectivity index (χ0n) is 21.5. The highest BCUT2D eigenvalue weighted by Crippen LogP contribution is 2.28. The number of nitrogens with one attached hydrogen (secondary N) is 1. The van der Waals surface area contributed by atoms with Gasteiger partial charge in [0.25, 0.3) is 0 Å². The lowest BCUT2D eigenvalue weighted by Crippen LogP contribution is -2.26. The number of amides is 1. The van der Waals surface area contributed by atoms with E-state index in [1.807, 2.05) is 72.8 Å². The van der Waals surface area contributed by atoms with Crippen LogP contribution in [0.4, 0.5) is 4.79 Å². The van der Waals surface area contributed by atoms with Gasteiger partial charge in [0.05, 0.1) is 23.5 Å². The van der Waals surface area contributed by atoms with Crippen molar-refractivity contribution in [2.45, 2.75) is 32.4 Å². The van der Waals surface area contributed by atoms with Crippen molar-refractivity contribution < 1.29 is 24.1 Å². The number of hydrogen-bond donors (Lipinski definition) is 2. The number of para-hydroxylation sites is 1. The fourth-order valence-corrected chi connectivity index (χ4v) is 4.61. The molecular formula is C30H30N4O5. The molecule has 0 atom stereocenters. The van der Waals surface area contributed by atoms with Crippen LogP contribution in [0, 0.1) is 5.21 Å². The molecular weight excluding hydrogens is 496 g/mol. The van der Waals surface area contributed by atoms with Crippen LogP contribution in [-0.4, -0.2) is 33.9 Å². The molecule has 3 aromatic carbocycles. The summed E-state index contributed by atoms with van der Waals surface area (Å²) in [6.07, 6.45) is 2.54. The molecule has 39 heavy (non-hydrogen) atoms. The van der Waals surface area contributed by atoms with Gasteiger partial charge in [-0.25, -0.2) is 9.78 Å². The Balaban J connectivity index is 1.43. The Kier molecular flexibility index (Phi) is 8.06. The number of rotatable bonds is 12. The molecule has 0 unspecified atom stereocenters. The molecule has 0 aliphatic heterocycles. The second kappa shape index (κ2) is 12.2. The van der Waals surface area contributed by atoms with Crippen molar-refractivity contribution in [2.24, 2.45) is 0 Å². The molecule has 200 valence electrons. The summed E-state index contributed by atoms with van der Waals surface area (Å²) >= 11 is 0. The van der Waals surface area contributed by atoms with Crippen LogP contribution in [0.3, 0.4) is 0 Å². The normalized spacial score (nSPS) is 11.1. The lowest BCUT2D eigenvalue weighted by Gasteiger charge is -2.13. The van der Waals surface area contributed by atoms with Gasteiger partial charge < -0.3 is 29.7 Å². The number of hydrogen-bond acceptors (Lipinski definition) is 5. The number of aromatic nitrogens is 3. The molecule has 5 aromatic rings. The van der Waals surface area contributed by atoms with Gasteiger partial charge in [-0.05, 0) is 42.7 Å². The molecule has 0 aliphatic carbocycles. The summed E-state index contributed by atoms with van der Waals surface area (Å²) < 4.78 is 14.9. The van der Waals surface area contributed by atoms with Crippen molar-refractivity contribution in [3.63, 3.8) is 0 Å². The molecule has 0 saturated carbocycles. The van der Waals surface area contributed by atoms with Crippen molar-refractivity contribution in [2.75, 3.05) is 13.2 Å². The topological polar surface area (TPSA) is 113 Å². The molecule has 0 aliphatic rings. The number of carbonyl (C=O) groups is 1. The third-order valence-electron chi connectivity index (χ3n) is 6.45. The summed E-state index contributed by atoms with van der Waals surface area (Å²) in [6.45, 7) is 1.75. The predicted molar refractivity (Wildman–Crippen MR) is 148 cm³/mol. The monoisotopic (exact) mass is 526 g/mol. The average Bonchev–Trinajstić information content (AvgIpc) is 3.29. The zero-order chi connectivity index (χ0) is 27.0. The van der Waals surface area contributed by atoms with Crippen LogP contribution in [0.15, 0.2) is 85.1 Å². The number of carboxylic acid groups (broad SMARTS) is 1. The minimum Gasteiger partial charge on any atom is -0.618 e. The Morgan fingerprint density at radius 2 is 1.74 bits per heavy atom. The maximum Gasteiger partial charge on any atom is 0.404 e. The SMILES string of the molecule is O=C(O)NCCCCc1nc2c[n+]([O-])c3cc(OCc4ccccc4)ccc3c2n1CCOc1ccccc1. The van der Waals surface area contributed by atoms with Crippen molar-refractivity contribution >= 4 is 28.0 Å². The molecule has 1 amide bonds. The van der Waals surface area contributed by atoms with Crippen LogP contribution in [0.1, 0.15) is 24.2 Å². The van der Waals surface area contributed by atoms with E-state index in [1.165, 1.54) is 6.20 Å². The Bertz CT molecular complexity index is 1550. The van der Waals surface area contributed by atoms with Gasteiger partial charge in [-0.1, -0.05) is 48.5 Å². The first-order valence-electron chi connectivity index (χ1n) is 12.9. The first-order valence-corrected chi connectivity index (χ1v) is 12.9. The largest absolute Gasteiger partial charge is 0.618 e. The van der Waals surface area contributed by atoms with Crippen LogP contribution in [0.5, 0.6) is 11.5 Å². The van der Waals surface area contributed by atoms with Crippen LogP contribution in [-0.2, 0) is 19.6 Å². The molecule has 0 bridgehead atoms. The van der Waals surface area contributed by atoms with Crippen molar-refractivity contribution in [3.8, 4) is 11.5 Å². The number of imidazole rings is 1. The van der Waals surface area contributed by atoms with E-state index in [-0.39, 0.29) is 0 Å². The third kappa shape index (κ3) is 6.38. The van der Waals surface area contributed by atoms with Crippen LogP contribution >= 0.6 is 0 Å². The standard InChI is InChI=1S/C30H30N4O5/c35-30(36)31-16-8-7-13-28-32-26-20-34(37)27-19-24(39-21-22-9-3-1-4-10-22)14-15-25(27)29(26)33(28)17-18-38-23-11-5-2-6-12-23/h1-6,9-12,14-15,19-20,31H,7-8,13,16-18,21H2,(H,35,36). The Hall–Kier alpha value is -4.79. The summed E-state index contributed by atoms with van der Waals surface area (Å²) in [5, 5.41) is 25.0. The van der Waals surface area contributed by atoms with Gasteiger partial charge in [-0.3, -0.25) is 0 Å². The lowest BCUT2D eigenvalue weighted by atomic mass is 10.1. The third-order valence-corrected chi connectivity index (χ3v) is 6.45. The number of ether oxygens (including phenoxy) is 2. The highest BCUT2D eigenvalue weighted by atomic mass is 16.5. The molecule has 2 aromatic heterocycles. The number of pyridine rings is 1. The first-order chi connectivity index (χ1) is 19.1. The molecule has 0 radical (unpaired) electrons. The zero-order valence-corrected chi connectivity index (χ0v) is 21.5. The van der Waals surface area contributed by atoms with Crippen LogP contribution in [0.25, 0.3) is 21.9 Å². The Morgan fingerprint density at radius 1 is 0.974 bits per heavy atom. The van der Waals surface area contributed by atoms with E-state index < -0.39 is 6.09 Å². The highest BCUT2D eigenvalue weighted by molar-refractivity contribution is 6.01. The molecule has 0 saturated heterocycles. The second-order valence-corrected chi connectivity index (χ2v) is 9.17. The summed E-state index contributed by atoms with van der Waals surface area (Å²) in [5.41, 5.74) is 3.01. The van der Waals surface area contributed by atoms with Crippen molar-refractivity contribution in [1.82, 2.24) is 14.9 Å². The summed E-state index contributed by atoms with van der Waals surface area (Å²) in [7, 11) is 0. The maximum atomic E-state index is 13.0. The molecule has 0 spiro atoms. The van der Waals surface area contributed by atoms with E-state index in [2.05, 4.69) is 9.88 Å².